The lowest BCUT2D eigenvalue weighted by molar-refractivity contribution is 0.0970. The fourth-order valence-corrected chi connectivity index (χ4v) is 4.51. The third-order valence-corrected chi connectivity index (χ3v) is 6.14. The molecule has 4 nitrogen and oxygen atoms in total. The van der Waals surface area contributed by atoms with Gasteiger partial charge < -0.3 is 0 Å². The highest BCUT2D eigenvalue weighted by molar-refractivity contribution is 7.19. The molecule has 4 rings (SSSR count). The van der Waals surface area contributed by atoms with E-state index in [0.717, 1.165) is 16.0 Å². The van der Waals surface area contributed by atoms with Crippen LogP contribution < -0.4 is 5.56 Å². The van der Waals surface area contributed by atoms with E-state index < -0.39 is 0 Å². The van der Waals surface area contributed by atoms with E-state index in [1.165, 1.54) is 27.8 Å². The van der Waals surface area contributed by atoms with Crippen LogP contribution in [0.2, 0.25) is 0 Å². The average Bonchev–Trinajstić information content (AvgIpc) is 3.07. The molecule has 0 aliphatic rings. The molecule has 0 atom stereocenters. The highest BCUT2D eigenvalue weighted by Crippen LogP contribution is 2.35. The summed E-state index contributed by atoms with van der Waals surface area (Å²) < 4.78 is 1.42. The Bertz CT molecular complexity index is 1240. The molecule has 5 heteroatoms. The minimum Gasteiger partial charge on any atom is -0.292 e. The maximum atomic E-state index is 13.2. The summed E-state index contributed by atoms with van der Waals surface area (Å²) in [6.07, 6.45) is 1.48. The number of carbonyl (C=O) groups excluding carboxylic acids is 1. The van der Waals surface area contributed by atoms with E-state index >= 15 is 0 Å². The van der Waals surface area contributed by atoms with Crippen molar-refractivity contribution in [3.05, 3.63) is 87.3 Å². The Morgan fingerprint density at radius 1 is 1.07 bits per heavy atom. The third kappa shape index (κ3) is 3.66. The Morgan fingerprint density at radius 3 is 2.41 bits per heavy atom. The van der Waals surface area contributed by atoms with Gasteiger partial charge in [0.05, 0.1) is 18.3 Å². The van der Waals surface area contributed by atoms with Crippen LogP contribution >= 0.6 is 11.3 Å². The molecule has 0 amide bonds. The van der Waals surface area contributed by atoms with Gasteiger partial charge in [0.1, 0.15) is 4.83 Å². The van der Waals surface area contributed by atoms with Gasteiger partial charge in [-0.15, -0.1) is 11.3 Å². The van der Waals surface area contributed by atoms with Crippen molar-refractivity contribution < 1.29 is 4.79 Å². The fraction of sp³-hybridized carbons (Fsp3) is 0.208. The molecule has 0 saturated heterocycles. The summed E-state index contributed by atoms with van der Waals surface area (Å²) in [4.78, 5) is 32.2. The van der Waals surface area contributed by atoms with Crippen LogP contribution in [0, 0.1) is 6.92 Å². The number of hydrogen-bond donors (Lipinski definition) is 0. The first-order valence-corrected chi connectivity index (χ1v) is 10.4. The highest BCUT2D eigenvalue weighted by Gasteiger charge is 2.18. The highest BCUT2D eigenvalue weighted by atomic mass is 32.1. The Hall–Kier alpha value is -3.05. The number of thiophene rings is 1. The van der Waals surface area contributed by atoms with Crippen LogP contribution in [-0.4, -0.2) is 15.3 Å². The Morgan fingerprint density at radius 2 is 1.76 bits per heavy atom. The van der Waals surface area contributed by atoms with Gasteiger partial charge in [0.25, 0.3) is 5.56 Å². The van der Waals surface area contributed by atoms with Gasteiger partial charge in [0, 0.05) is 16.0 Å². The second-order valence-electron chi connectivity index (χ2n) is 7.46. The number of carbonyl (C=O) groups is 1. The van der Waals surface area contributed by atoms with Gasteiger partial charge in [-0.2, -0.15) is 0 Å². The minimum absolute atomic E-state index is 0.0219. The van der Waals surface area contributed by atoms with Crippen molar-refractivity contribution in [2.75, 3.05) is 0 Å². The topological polar surface area (TPSA) is 52.0 Å². The lowest BCUT2D eigenvalue weighted by atomic mass is 10.0. The fourth-order valence-electron chi connectivity index (χ4n) is 3.50. The number of aromatic nitrogens is 2. The number of fused-ring (bicyclic) bond motifs is 1. The van der Waals surface area contributed by atoms with Gasteiger partial charge >= 0.3 is 0 Å². The second-order valence-corrected chi connectivity index (χ2v) is 8.66. The average molecular weight is 403 g/mol. The first kappa shape index (κ1) is 19.3. The summed E-state index contributed by atoms with van der Waals surface area (Å²) in [5, 5.41) is 0.587. The van der Waals surface area contributed by atoms with Gasteiger partial charge in [-0.05, 0) is 24.0 Å². The molecule has 0 aliphatic heterocycles. The van der Waals surface area contributed by atoms with Crippen LogP contribution in [0.25, 0.3) is 21.3 Å². The van der Waals surface area contributed by atoms with Crippen LogP contribution in [0.4, 0.5) is 0 Å². The number of hydrogen-bond acceptors (Lipinski definition) is 4. The predicted octanol–water partition coefficient (Wildman–Crippen LogP) is 5.44. The molecule has 0 unspecified atom stereocenters. The van der Waals surface area contributed by atoms with Crippen LogP contribution in [0.5, 0.6) is 0 Å². The third-order valence-electron chi connectivity index (χ3n) is 5.13. The van der Waals surface area contributed by atoms with Gasteiger partial charge in [-0.3, -0.25) is 14.2 Å². The smallest absolute Gasteiger partial charge is 0.263 e. The van der Waals surface area contributed by atoms with E-state index in [9.17, 15) is 9.59 Å². The lowest BCUT2D eigenvalue weighted by Crippen LogP contribution is -2.24. The predicted molar refractivity (Wildman–Crippen MR) is 119 cm³/mol. The molecular weight excluding hydrogens is 380 g/mol. The quantitative estimate of drug-likeness (QED) is 0.418. The zero-order chi connectivity index (χ0) is 20.5. The Balaban J connectivity index is 1.73. The lowest BCUT2D eigenvalue weighted by Gasteiger charge is -2.08. The summed E-state index contributed by atoms with van der Waals surface area (Å²) in [7, 11) is 0. The summed E-state index contributed by atoms with van der Waals surface area (Å²) in [6, 6.07) is 17.5. The number of benzene rings is 2. The minimum atomic E-state index is -0.176. The van der Waals surface area contributed by atoms with Crippen LogP contribution in [0.3, 0.4) is 0 Å². The van der Waals surface area contributed by atoms with Crippen LogP contribution in [0.1, 0.15) is 40.6 Å². The number of nitrogens with zero attached hydrogens (tertiary/aromatic N) is 2. The van der Waals surface area contributed by atoms with E-state index in [2.05, 4.69) is 18.8 Å². The number of rotatable bonds is 5. The number of Topliss-reactive ketones (excluding diaryl/α,β-unsaturated/α-hetero) is 1. The molecule has 0 radical (unpaired) electrons. The first-order valence-electron chi connectivity index (χ1n) is 9.63. The molecule has 0 aliphatic carbocycles. The number of ketones is 1. The van der Waals surface area contributed by atoms with Gasteiger partial charge in [0.15, 0.2) is 5.78 Å². The van der Waals surface area contributed by atoms with E-state index in [0.29, 0.717) is 21.7 Å². The van der Waals surface area contributed by atoms with Crippen molar-refractivity contribution in [3.8, 4) is 11.1 Å². The molecule has 146 valence electrons. The summed E-state index contributed by atoms with van der Waals surface area (Å²) in [6.45, 7) is 6.21. The van der Waals surface area contributed by atoms with Gasteiger partial charge in [0.2, 0.25) is 0 Å². The molecular formula is C24H22N2O2S. The molecule has 0 spiro atoms. The summed E-state index contributed by atoms with van der Waals surface area (Å²) in [5.74, 6) is 0.309. The molecule has 0 fully saturated rings. The Labute approximate surface area is 173 Å². The maximum Gasteiger partial charge on any atom is 0.263 e. The molecule has 0 N–H and O–H groups in total. The van der Waals surface area contributed by atoms with Crippen molar-refractivity contribution in [1.29, 1.82) is 0 Å². The van der Waals surface area contributed by atoms with E-state index in [1.807, 2.05) is 61.5 Å². The van der Waals surface area contributed by atoms with Crippen molar-refractivity contribution in [2.24, 2.45) is 0 Å². The molecule has 0 bridgehead atoms. The molecule has 29 heavy (non-hydrogen) atoms. The summed E-state index contributed by atoms with van der Waals surface area (Å²) >= 11 is 1.51. The molecule has 2 aromatic heterocycles. The zero-order valence-electron chi connectivity index (χ0n) is 16.7. The van der Waals surface area contributed by atoms with Gasteiger partial charge in [-0.1, -0.05) is 68.4 Å². The Kier molecular flexibility index (Phi) is 5.16. The largest absolute Gasteiger partial charge is 0.292 e. The first-order chi connectivity index (χ1) is 14.0. The molecule has 4 aromatic rings. The second kappa shape index (κ2) is 7.76. The van der Waals surface area contributed by atoms with Crippen molar-refractivity contribution in [3.63, 3.8) is 0 Å². The van der Waals surface area contributed by atoms with Gasteiger partial charge in [-0.25, -0.2) is 4.98 Å². The SMILES string of the molecule is Cc1sc2ncn(CC(=O)c3ccc(C(C)C)cc3)c(=O)c2c1-c1ccccc1. The monoisotopic (exact) mass is 402 g/mol. The molecule has 0 saturated carbocycles. The number of aryl methyl sites for hydroxylation is 1. The van der Waals surface area contributed by atoms with Crippen molar-refractivity contribution in [1.82, 2.24) is 9.55 Å². The molecule has 2 aromatic carbocycles. The summed E-state index contributed by atoms with van der Waals surface area (Å²) in [5.41, 5.74) is 3.51. The van der Waals surface area contributed by atoms with Crippen molar-refractivity contribution in [2.45, 2.75) is 33.2 Å². The maximum absolute atomic E-state index is 13.2. The normalized spacial score (nSPS) is 11.3. The van der Waals surface area contributed by atoms with Crippen LogP contribution in [-0.2, 0) is 6.54 Å². The zero-order valence-corrected chi connectivity index (χ0v) is 17.5. The van der Waals surface area contributed by atoms with E-state index in [4.69, 9.17) is 0 Å². The van der Waals surface area contributed by atoms with Crippen molar-refractivity contribution >= 4 is 27.3 Å². The van der Waals surface area contributed by atoms with Crippen LogP contribution in [0.15, 0.2) is 65.7 Å². The molecule has 2 heterocycles. The standard InChI is InChI=1S/C24H22N2O2S/c1-15(2)17-9-11-18(12-10-17)20(27)13-26-14-25-23-22(24(26)28)21(16(3)29-23)19-7-5-4-6-8-19/h4-12,14-15H,13H2,1-3H3. The van der Waals surface area contributed by atoms with E-state index in [1.54, 1.807) is 0 Å². The van der Waals surface area contributed by atoms with E-state index in [-0.39, 0.29) is 17.9 Å².